The molecule has 3 rings (SSSR count). The number of nitrogens with one attached hydrogen (secondary N) is 2. The molecule has 2 N–H and O–H groups in total. The van der Waals surface area contributed by atoms with Crippen molar-refractivity contribution in [2.45, 2.75) is 38.6 Å². The van der Waals surface area contributed by atoms with Crippen LogP contribution in [0, 0.1) is 18.8 Å². The molecule has 2 saturated carbocycles. The molecule has 96 valence electrons. The average Bonchev–Trinajstić information content (AvgIpc) is 2.90. The summed E-state index contributed by atoms with van der Waals surface area (Å²) in [4.78, 5) is 0. The summed E-state index contributed by atoms with van der Waals surface area (Å²) >= 11 is 5.41. The summed E-state index contributed by atoms with van der Waals surface area (Å²) in [7, 11) is 0. The van der Waals surface area contributed by atoms with E-state index in [9.17, 15) is 0 Å². The Morgan fingerprint density at radius 2 is 2.17 bits per heavy atom. The van der Waals surface area contributed by atoms with Crippen molar-refractivity contribution in [3.63, 3.8) is 0 Å². The van der Waals surface area contributed by atoms with Crippen molar-refractivity contribution in [1.29, 1.82) is 0 Å². The fraction of sp³-hybridized carbons (Fsp3) is 0.533. The van der Waals surface area contributed by atoms with Gasteiger partial charge in [0.25, 0.3) is 0 Å². The van der Waals surface area contributed by atoms with Crippen molar-refractivity contribution < 1.29 is 0 Å². The molecule has 0 radical (unpaired) electrons. The standard InChI is InChI=1S/C15H20N2S/c1-10-3-2-4-13(7-10)16-15(18)17-14-9-11-5-6-12(14)8-11/h2-4,7,11-12,14H,5-6,8-9H2,1H3,(H2,16,17,18)/t11-,12-,14+/m1/s1. The minimum Gasteiger partial charge on any atom is -0.359 e. The van der Waals surface area contributed by atoms with Gasteiger partial charge in [-0.25, -0.2) is 0 Å². The van der Waals surface area contributed by atoms with Gasteiger partial charge in [0.1, 0.15) is 0 Å². The highest BCUT2D eigenvalue weighted by atomic mass is 32.1. The Kier molecular flexibility index (Phi) is 3.25. The third-order valence-electron chi connectivity index (χ3n) is 4.33. The van der Waals surface area contributed by atoms with Crippen LogP contribution in [0.3, 0.4) is 0 Å². The first-order valence-corrected chi connectivity index (χ1v) is 7.26. The number of thiocarbonyl (C=S) groups is 1. The van der Waals surface area contributed by atoms with Crippen molar-refractivity contribution in [1.82, 2.24) is 5.32 Å². The van der Waals surface area contributed by atoms with E-state index in [-0.39, 0.29) is 0 Å². The highest BCUT2D eigenvalue weighted by Crippen LogP contribution is 2.44. The second-order valence-corrected chi connectivity index (χ2v) is 6.16. The van der Waals surface area contributed by atoms with Gasteiger partial charge in [-0.15, -0.1) is 0 Å². The summed E-state index contributed by atoms with van der Waals surface area (Å²) < 4.78 is 0. The van der Waals surface area contributed by atoms with E-state index in [0.717, 1.165) is 22.6 Å². The molecule has 0 heterocycles. The van der Waals surface area contributed by atoms with E-state index >= 15 is 0 Å². The van der Waals surface area contributed by atoms with Gasteiger partial charge in [-0.05, 0) is 67.9 Å². The molecule has 0 aliphatic heterocycles. The van der Waals surface area contributed by atoms with E-state index in [1.54, 1.807) is 0 Å². The maximum atomic E-state index is 5.41. The van der Waals surface area contributed by atoms with E-state index in [2.05, 4.69) is 41.8 Å². The molecular formula is C15H20N2S. The normalized spacial score (nSPS) is 29.3. The first kappa shape index (κ1) is 12.0. The third kappa shape index (κ3) is 2.51. The van der Waals surface area contributed by atoms with Crippen molar-refractivity contribution >= 4 is 23.0 Å². The Hall–Kier alpha value is -1.09. The molecule has 2 bridgehead atoms. The average molecular weight is 260 g/mol. The zero-order valence-corrected chi connectivity index (χ0v) is 11.6. The van der Waals surface area contributed by atoms with E-state index in [1.807, 2.05) is 0 Å². The molecule has 0 spiro atoms. The molecule has 0 unspecified atom stereocenters. The Morgan fingerprint density at radius 3 is 2.83 bits per heavy atom. The smallest absolute Gasteiger partial charge is 0.171 e. The highest BCUT2D eigenvalue weighted by Gasteiger charge is 2.39. The van der Waals surface area contributed by atoms with E-state index in [0.29, 0.717) is 6.04 Å². The minimum atomic E-state index is 0.605. The number of aryl methyl sites for hydroxylation is 1. The second-order valence-electron chi connectivity index (χ2n) is 5.75. The number of hydrogen-bond acceptors (Lipinski definition) is 1. The Balaban J connectivity index is 1.56. The summed E-state index contributed by atoms with van der Waals surface area (Å²) in [6, 6.07) is 8.93. The fourth-order valence-corrected chi connectivity index (χ4v) is 3.75. The van der Waals surface area contributed by atoms with Crippen LogP contribution in [0.1, 0.15) is 31.2 Å². The van der Waals surface area contributed by atoms with Crippen molar-refractivity contribution in [3.8, 4) is 0 Å². The predicted octanol–water partition coefficient (Wildman–Crippen LogP) is 3.47. The molecule has 0 saturated heterocycles. The molecule has 0 aromatic heterocycles. The van der Waals surface area contributed by atoms with Gasteiger partial charge in [0.05, 0.1) is 0 Å². The van der Waals surface area contributed by atoms with Crippen LogP contribution in [-0.4, -0.2) is 11.2 Å². The van der Waals surface area contributed by atoms with Gasteiger partial charge in [-0.2, -0.15) is 0 Å². The van der Waals surface area contributed by atoms with Gasteiger partial charge in [0.2, 0.25) is 0 Å². The van der Waals surface area contributed by atoms with Crippen LogP contribution in [0.25, 0.3) is 0 Å². The van der Waals surface area contributed by atoms with Gasteiger partial charge in [-0.1, -0.05) is 18.6 Å². The number of rotatable bonds is 2. The van der Waals surface area contributed by atoms with Crippen LogP contribution in [0.4, 0.5) is 5.69 Å². The molecule has 18 heavy (non-hydrogen) atoms. The molecule has 2 fully saturated rings. The van der Waals surface area contributed by atoms with E-state index in [1.165, 1.54) is 31.2 Å². The molecular weight excluding hydrogens is 240 g/mol. The van der Waals surface area contributed by atoms with Crippen LogP contribution >= 0.6 is 12.2 Å². The van der Waals surface area contributed by atoms with Crippen molar-refractivity contribution in [2.75, 3.05) is 5.32 Å². The van der Waals surface area contributed by atoms with E-state index < -0.39 is 0 Å². The van der Waals surface area contributed by atoms with Gasteiger partial charge >= 0.3 is 0 Å². The lowest BCUT2D eigenvalue weighted by Crippen LogP contribution is -2.40. The molecule has 3 atom stereocenters. The summed E-state index contributed by atoms with van der Waals surface area (Å²) in [5.74, 6) is 1.81. The van der Waals surface area contributed by atoms with Gasteiger partial charge < -0.3 is 10.6 Å². The van der Waals surface area contributed by atoms with Gasteiger partial charge in [0.15, 0.2) is 5.11 Å². The maximum absolute atomic E-state index is 5.41. The van der Waals surface area contributed by atoms with Gasteiger partial charge in [0, 0.05) is 11.7 Å². The van der Waals surface area contributed by atoms with Crippen LogP contribution in [-0.2, 0) is 0 Å². The lowest BCUT2D eigenvalue weighted by molar-refractivity contribution is 0.392. The topological polar surface area (TPSA) is 24.1 Å². The number of benzene rings is 1. The molecule has 2 aliphatic rings. The SMILES string of the molecule is Cc1cccc(NC(=S)N[C@H]2C[C@@H]3CC[C@@H]2C3)c1. The zero-order valence-electron chi connectivity index (χ0n) is 10.8. The molecule has 2 nitrogen and oxygen atoms in total. The lowest BCUT2D eigenvalue weighted by Gasteiger charge is -2.24. The van der Waals surface area contributed by atoms with Crippen LogP contribution in [0.15, 0.2) is 24.3 Å². The molecule has 1 aromatic carbocycles. The zero-order chi connectivity index (χ0) is 12.5. The van der Waals surface area contributed by atoms with Crippen molar-refractivity contribution in [3.05, 3.63) is 29.8 Å². The Labute approximate surface area is 114 Å². The highest BCUT2D eigenvalue weighted by molar-refractivity contribution is 7.80. The van der Waals surface area contributed by atoms with Crippen LogP contribution < -0.4 is 10.6 Å². The molecule has 3 heteroatoms. The monoisotopic (exact) mass is 260 g/mol. The second kappa shape index (κ2) is 4.88. The van der Waals surface area contributed by atoms with Crippen LogP contribution in [0.2, 0.25) is 0 Å². The molecule has 0 amide bonds. The number of hydrogen-bond donors (Lipinski definition) is 2. The predicted molar refractivity (Wildman–Crippen MR) is 79.8 cm³/mol. The maximum Gasteiger partial charge on any atom is 0.171 e. The van der Waals surface area contributed by atoms with Gasteiger partial charge in [-0.3, -0.25) is 0 Å². The first-order valence-electron chi connectivity index (χ1n) is 6.85. The minimum absolute atomic E-state index is 0.605. The lowest BCUT2D eigenvalue weighted by atomic mass is 9.96. The number of anilines is 1. The summed E-state index contributed by atoms with van der Waals surface area (Å²) in [5.41, 5.74) is 2.33. The van der Waals surface area contributed by atoms with E-state index in [4.69, 9.17) is 12.2 Å². The summed E-state index contributed by atoms with van der Waals surface area (Å²) in [6.45, 7) is 2.09. The number of fused-ring (bicyclic) bond motifs is 2. The quantitative estimate of drug-likeness (QED) is 0.796. The summed E-state index contributed by atoms with van der Waals surface area (Å²) in [5, 5.41) is 7.56. The van der Waals surface area contributed by atoms with Crippen LogP contribution in [0.5, 0.6) is 0 Å². The molecule has 2 aliphatic carbocycles. The largest absolute Gasteiger partial charge is 0.359 e. The molecule has 1 aromatic rings. The summed E-state index contributed by atoms with van der Waals surface area (Å²) in [6.07, 6.45) is 5.53. The van der Waals surface area contributed by atoms with Crippen molar-refractivity contribution in [2.24, 2.45) is 11.8 Å². The Morgan fingerprint density at radius 1 is 1.28 bits per heavy atom. The fourth-order valence-electron chi connectivity index (χ4n) is 3.48. The third-order valence-corrected chi connectivity index (χ3v) is 4.55. The first-order chi connectivity index (χ1) is 8.70. The Bertz CT molecular complexity index is 458.